The van der Waals surface area contributed by atoms with E-state index in [0.29, 0.717) is 0 Å². The highest BCUT2D eigenvalue weighted by Gasteiger charge is 1.66. The molecule has 1 nitrogen and oxygen atoms in total. The Morgan fingerprint density at radius 3 is 2.60 bits per heavy atom. The monoisotopic (exact) mass is 108 g/mol. The van der Waals surface area contributed by atoms with Gasteiger partial charge in [0, 0.05) is 6.61 Å². The van der Waals surface area contributed by atoms with Gasteiger partial charge in [0.2, 0.25) is 8.91 Å². The van der Waals surface area contributed by atoms with Gasteiger partial charge in [0.1, 0.15) is 0 Å². The molecule has 0 heterocycles. The van der Waals surface area contributed by atoms with E-state index in [-0.39, 0.29) is 0 Å². The summed E-state index contributed by atoms with van der Waals surface area (Å²) in [4.78, 5) is 0. The summed E-state index contributed by atoms with van der Waals surface area (Å²) in [7, 11) is -0.392. The van der Waals surface area contributed by atoms with Crippen LogP contribution in [0.25, 0.3) is 0 Å². The molecule has 0 aromatic rings. The fourth-order valence-corrected chi connectivity index (χ4v) is 0.822. The number of thiol groups is 1. The summed E-state index contributed by atoms with van der Waals surface area (Å²) in [5.74, 6) is 0. The maximum Gasteiger partial charge on any atom is 0.219 e. The van der Waals surface area contributed by atoms with Crippen molar-refractivity contribution in [2.24, 2.45) is 0 Å². The Labute approximate surface area is 39.7 Å². The van der Waals surface area contributed by atoms with Crippen molar-refractivity contribution in [3.8, 4) is 0 Å². The standard InChI is InChI=1S/C2H8OSSi/c1-2-3-5-4/h4H,2,5H2,1H3. The highest BCUT2D eigenvalue weighted by Crippen LogP contribution is 1.68. The third-order valence-corrected chi connectivity index (χ3v) is 1.43. The molecule has 0 amide bonds. The van der Waals surface area contributed by atoms with Crippen LogP contribution >= 0.6 is 12.1 Å². The molecule has 5 heavy (non-hydrogen) atoms. The van der Waals surface area contributed by atoms with E-state index in [1.807, 2.05) is 6.92 Å². The van der Waals surface area contributed by atoms with Gasteiger partial charge >= 0.3 is 0 Å². The average molecular weight is 108 g/mol. The fraction of sp³-hybridized carbons (Fsp3) is 1.00. The van der Waals surface area contributed by atoms with Gasteiger partial charge in [0.15, 0.2) is 0 Å². The van der Waals surface area contributed by atoms with Crippen molar-refractivity contribution < 1.29 is 4.43 Å². The number of hydrogen-bond acceptors (Lipinski definition) is 2. The van der Waals surface area contributed by atoms with Gasteiger partial charge in [-0.3, -0.25) is 0 Å². The first kappa shape index (κ1) is 5.53. The minimum Gasteiger partial charge on any atom is -0.413 e. The second kappa shape index (κ2) is 4.53. The first-order valence-electron chi connectivity index (χ1n) is 1.60. The summed E-state index contributed by atoms with van der Waals surface area (Å²) in [6.45, 7) is 2.80. The molecule has 0 rings (SSSR count). The van der Waals surface area contributed by atoms with Crippen LogP contribution in [-0.2, 0) is 4.43 Å². The predicted molar refractivity (Wildman–Crippen MR) is 29.2 cm³/mol. The second-order valence-corrected chi connectivity index (χ2v) is 2.06. The molecule has 0 N–H and O–H groups in total. The van der Waals surface area contributed by atoms with Gasteiger partial charge in [-0.05, 0) is 6.92 Å². The van der Waals surface area contributed by atoms with E-state index >= 15 is 0 Å². The Bertz CT molecular complexity index is 17.1. The molecule has 0 saturated carbocycles. The molecule has 0 aliphatic heterocycles. The molecule has 0 bridgehead atoms. The van der Waals surface area contributed by atoms with Crippen LogP contribution in [0.5, 0.6) is 0 Å². The second-order valence-electron chi connectivity index (χ2n) is 0.622. The summed E-state index contributed by atoms with van der Waals surface area (Å²) in [6, 6.07) is 0. The Morgan fingerprint density at radius 2 is 2.60 bits per heavy atom. The van der Waals surface area contributed by atoms with Crippen molar-refractivity contribution in [3.05, 3.63) is 0 Å². The van der Waals surface area contributed by atoms with Crippen LogP contribution in [0.4, 0.5) is 0 Å². The number of hydrogen-bond donors (Lipinski definition) is 1. The molecule has 0 unspecified atom stereocenters. The van der Waals surface area contributed by atoms with E-state index in [1.165, 1.54) is 0 Å². The van der Waals surface area contributed by atoms with Gasteiger partial charge in [0.25, 0.3) is 0 Å². The summed E-state index contributed by atoms with van der Waals surface area (Å²) >= 11 is 3.92. The van der Waals surface area contributed by atoms with E-state index in [1.54, 1.807) is 0 Å². The van der Waals surface area contributed by atoms with E-state index < -0.39 is 8.91 Å². The lowest BCUT2D eigenvalue weighted by Gasteiger charge is -1.85. The summed E-state index contributed by atoms with van der Waals surface area (Å²) in [6.07, 6.45) is 0. The molecule has 0 aromatic heterocycles. The maximum absolute atomic E-state index is 4.84. The van der Waals surface area contributed by atoms with Crippen molar-refractivity contribution in [3.63, 3.8) is 0 Å². The zero-order valence-electron chi connectivity index (χ0n) is 3.27. The summed E-state index contributed by atoms with van der Waals surface area (Å²) in [5.41, 5.74) is 0. The molecule has 3 heteroatoms. The molecule has 0 spiro atoms. The maximum atomic E-state index is 4.84. The van der Waals surface area contributed by atoms with Gasteiger partial charge in [-0.2, -0.15) is 12.1 Å². The zero-order valence-corrected chi connectivity index (χ0v) is 5.58. The predicted octanol–water partition coefficient (Wildman–Crippen LogP) is -0.0485. The van der Waals surface area contributed by atoms with Crippen LogP contribution in [0, 0.1) is 0 Å². The van der Waals surface area contributed by atoms with Crippen molar-refractivity contribution in [2.45, 2.75) is 6.92 Å². The lowest BCUT2D eigenvalue weighted by Crippen LogP contribution is -1.86. The SMILES string of the molecule is CCO[SiH2]S. The zero-order chi connectivity index (χ0) is 4.12. The van der Waals surface area contributed by atoms with E-state index in [0.717, 1.165) is 6.61 Å². The Morgan fingerprint density at radius 1 is 2.00 bits per heavy atom. The van der Waals surface area contributed by atoms with Crippen molar-refractivity contribution in [1.29, 1.82) is 0 Å². The summed E-state index contributed by atoms with van der Waals surface area (Å²) in [5, 5.41) is 0. The minimum absolute atomic E-state index is 0.392. The highest BCUT2D eigenvalue weighted by molar-refractivity contribution is 8.06. The van der Waals surface area contributed by atoms with Gasteiger partial charge in [-0.1, -0.05) is 0 Å². The average Bonchev–Trinajstić information content (AvgIpc) is 1.41. The molecule has 0 aliphatic rings. The smallest absolute Gasteiger partial charge is 0.219 e. The largest absolute Gasteiger partial charge is 0.413 e. The lowest BCUT2D eigenvalue weighted by atomic mass is 10.9. The Balaban J connectivity index is 2.19. The molecule has 0 fully saturated rings. The molecule has 0 atom stereocenters. The van der Waals surface area contributed by atoms with Gasteiger partial charge in [-0.25, -0.2) is 0 Å². The van der Waals surface area contributed by atoms with Crippen molar-refractivity contribution >= 4 is 21.0 Å². The minimum atomic E-state index is -0.392. The molecule has 0 saturated heterocycles. The molecule has 32 valence electrons. The molecular formula is C2H8OSSi. The normalized spacial score (nSPS) is 10.8. The quantitative estimate of drug-likeness (QED) is 0.385. The van der Waals surface area contributed by atoms with Crippen molar-refractivity contribution in [2.75, 3.05) is 6.61 Å². The third-order valence-electron chi connectivity index (χ3n) is 0.295. The van der Waals surface area contributed by atoms with E-state index in [2.05, 4.69) is 12.1 Å². The van der Waals surface area contributed by atoms with Crippen LogP contribution in [-0.4, -0.2) is 15.5 Å². The fourth-order valence-electron chi connectivity index (χ4n) is 0.0913. The Kier molecular flexibility index (Phi) is 5.00. The van der Waals surface area contributed by atoms with Gasteiger partial charge in [0.05, 0.1) is 0 Å². The van der Waals surface area contributed by atoms with Crippen LogP contribution in [0.1, 0.15) is 6.92 Å². The van der Waals surface area contributed by atoms with Crippen molar-refractivity contribution in [1.82, 2.24) is 0 Å². The van der Waals surface area contributed by atoms with E-state index in [9.17, 15) is 0 Å². The first-order chi connectivity index (χ1) is 2.41. The molecular weight excluding hydrogens is 100 g/mol. The Hall–Kier alpha value is 0.527. The molecule has 0 radical (unpaired) electrons. The van der Waals surface area contributed by atoms with Crippen LogP contribution < -0.4 is 0 Å². The van der Waals surface area contributed by atoms with E-state index in [4.69, 9.17) is 4.43 Å². The topological polar surface area (TPSA) is 9.23 Å². The van der Waals surface area contributed by atoms with Gasteiger partial charge < -0.3 is 4.43 Å². The highest BCUT2D eigenvalue weighted by atomic mass is 32.3. The molecule has 0 aromatic carbocycles. The first-order valence-corrected chi connectivity index (χ1v) is 4.71. The lowest BCUT2D eigenvalue weighted by molar-refractivity contribution is 0.372. The molecule has 0 aliphatic carbocycles. The van der Waals surface area contributed by atoms with Crippen LogP contribution in [0.3, 0.4) is 0 Å². The third kappa shape index (κ3) is 4.53. The van der Waals surface area contributed by atoms with Crippen LogP contribution in [0.15, 0.2) is 0 Å². The number of rotatable bonds is 2. The summed E-state index contributed by atoms with van der Waals surface area (Å²) < 4.78 is 4.84. The van der Waals surface area contributed by atoms with Crippen LogP contribution in [0.2, 0.25) is 0 Å². The van der Waals surface area contributed by atoms with Gasteiger partial charge in [-0.15, -0.1) is 0 Å².